The Morgan fingerprint density at radius 3 is 2.77 bits per heavy atom. The molecule has 5 rings (SSSR count). The van der Waals surface area contributed by atoms with E-state index < -0.39 is 23.3 Å². The van der Waals surface area contributed by atoms with Crippen LogP contribution in [0.5, 0.6) is 11.5 Å². The standard InChI is InChI=1S/C25H31N3O7/c1-12-10-14(29)19-15(32-12)11-16-18(20(19)30)13-6-4-8-25(17(35-25)7-5-9-28-23(26)27)22(31)33-21(13)24(2,3)34-16/h10-11,13,17,21,30H,4-9H2,1-3H3,(H4,26,27,28). The van der Waals surface area contributed by atoms with Gasteiger partial charge in [-0.1, -0.05) is 0 Å². The minimum atomic E-state index is -0.969. The number of carbonyl (C=O) groups is 1. The van der Waals surface area contributed by atoms with Gasteiger partial charge in [0.1, 0.15) is 39.9 Å². The third-order valence-corrected chi connectivity index (χ3v) is 7.29. The molecule has 10 nitrogen and oxygen atoms in total. The normalized spacial score (nSPS) is 28.8. The summed E-state index contributed by atoms with van der Waals surface area (Å²) < 4.78 is 23.9. The van der Waals surface area contributed by atoms with Gasteiger partial charge < -0.3 is 35.2 Å². The lowest BCUT2D eigenvalue weighted by Crippen LogP contribution is -2.53. The summed E-state index contributed by atoms with van der Waals surface area (Å²) in [5.41, 5.74) is 9.30. The molecule has 1 aromatic heterocycles. The van der Waals surface area contributed by atoms with E-state index in [9.17, 15) is 14.7 Å². The van der Waals surface area contributed by atoms with Crippen LogP contribution in [0, 0.1) is 6.92 Å². The molecule has 0 amide bonds. The number of hydrogen-bond acceptors (Lipinski definition) is 8. The van der Waals surface area contributed by atoms with Gasteiger partial charge in [0.15, 0.2) is 17.0 Å². The van der Waals surface area contributed by atoms with E-state index in [2.05, 4.69) is 4.99 Å². The summed E-state index contributed by atoms with van der Waals surface area (Å²) in [6, 6.07) is 2.99. The summed E-state index contributed by atoms with van der Waals surface area (Å²) in [5, 5.41) is 11.3. The molecular weight excluding hydrogens is 454 g/mol. The minimum absolute atomic E-state index is 0.0385. The Bertz CT molecular complexity index is 1280. The van der Waals surface area contributed by atoms with Crippen molar-refractivity contribution >= 4 is 22.9 Å². The molecule has 2 saturated heterocycles. The molecule has 0 radical (unpaired) electrons. The molecule has 3 aliphatic rings. The molecule has 2 fully saturated rings. The van der Waals surface area contributed by atoms with Gasteiger partial charge in [0, 0.05) is 30.2 Å². The van der Waals surface area contributed by atoms with Crippen molar-refractivity contribution in [2.45, 2.75) is 82.2 Å². The van der Waals surface area contributed by atoms with E-state index in [1.165, 1.54) is 6.07 Å². The first kappa shape index (κ1) is 23.5. The summed E-state index contributed by atoms with van der Waals surface area (Å²) in [7, 11) is 0. The molecular formula is C25H31N3O7. The Labute approximate surface area is 202 Å². The molecule has 35 heavy (non-hydrogen) atoms. The predicted molar refractivity (Wildman–Crippen MR) is 128 cm³/mol. The highest BCUT2D eigenvalue weighted by Gasteiger charge is 2.65. The fourth-order valence-corrected chi connectivity index (χ4v) is 5.65. The number of esters is 1. The molecule has 1 aromatic carbocycles. The maximum Gasteiger partial charge on any atom is 0.341 e. The first-order chi connectivity index (χ1) is 16.5. The van der Waals surface area contributed by atoms with Crippen LogP contribution in [0.2, 0.25) is 0 Å². The zero-order valence-corrected chi connectivity index (χ0v) is 20.1. The van der Waals surface area contributed by atoms with Gasteiger partial charge in [-0.25, -0.2) is 4.79 Å². The van der Waals surface area contributed by atoms with Gasteiger partial charge in [0.05, 0.1) is 6.10 Å². The SMILES string of the molecule is Cc1cc(=O)c2c(O)c3c(cc2o1)OC(C)(C)C1OC(=O)C2(CCCC31)OC2CCCN=C(N)N. The van der Waals surface area contributed by atoms with Crippen molar-refractivity contribution < 1.29 is 28.5 Å². The number of nitrogens with zero attached hydrogens (tertiary/aromatic N) is 1. The van der Waals surface area contributed by atoms with E-state index in [1.54, 1.807) is 13.0 Å². The number of fused-ring (bicyclic) bond motifs is 4. The van der Waals surface area contributed by atoms with Crippen molar-refractivity contribution in [2.24, 2.45) is 16.5 Å². The quantitative estimate of drug-likeness (QED) is 0.194. The maximum absolute atomic E-state index is 13.3. The van der Waals surface area contributed by atoms with Crippen molar-refractivity contribution in [1.82, 2.24) is 0 Å². The lowest BCUT2D eigenvalue weighted by atomic mass is 9.76. The van der Waals surface area contributed by atoms with Crippen molar-refractivity contribution in [3.8, 4) is 11.5 Å². The average Bonchev–Trinajstić information content (AvgIpc) is 3.45. The summed E-state index contributed by atoms with van der Waals surface area (Å²) in [6.45, 7) is 5.85. The zero-order chi connectivity index (χ0) is 25.1. The average molecular weight is 486 g/mol. The number of aryl methyl sites for hydroxylation is 1. The topological polar surface area (TPSA) is 163 Å². The van der Waals surface area contributed by atoms with Gasteiger partial charge in [-0.3, -0.25) is 9.79 Å². The molecule has 3 aliphatic heterocycles. The van der Waals surface area contributed by atoms with Crippen molar-refractivity contribution in [1.29, 1.82) is 0 Å². The molecule has 0 aliphatic carbocycles. The molecule has 188 valence electrons. The number of ether oxygens (including phenoxy) is 3. The van der Waals surface area contributed by atoms with Crippen LogP contribution < -0.4 is 21.6 Å². The number of aliphatic imine (C=N–C) groups is 1. The zero-order valence-electron chi connectivity index (χ0n) is 20.1. The third kappa shape index (κ3) is 3.89. The van der Waals surface area contributed by atoms with Gasteiger partial charge in [-0.15, -0.1) is 0 Å². The number of hydrogen-bond donors (Lipinski definition) is 3. The van der Waals surface area contributed by atoms with Crippen LogP contribution in [0.15, 0.2) is 26.3 Å². The largest absolute Gasteiger partial charge is 0.507 e. The van der Waals surface area contributed by atoms with Crippen LogP contribution in [0.1, 0.15) is 63.2 Å². The number of aromatic hydroxyl groups is 1. The predicted octanol–water partition coefficient (Wildman–Crippen LogP) is 2.35. The van der Waals surface area contributed by atoms with Crippen LogP contribution in [0.4, 0.5) is 0 Å². The second-order valence-electron chi connectivity index (χ2n) is 10.2. The second-order valence-corrected chi connectivity index (χ2v) is 10.2. The van der Waals surface area contributed by atoms with Gasteiger partial charge in [0.25, 0.3) is 0 Å². The van der Waals surface area contributed by atoms with Gasteiger partial charge >= 0.3 is 5.97 Å². The summed E-state index contributed by atoms with van der Waals surface area (Å²) in [5.74, 6) is -0.0346. The fourth-order valence-electron chi connectivity index (χ4n) is 5.65. The van der Waals surface area contributed by atoms with Gasteiger partial charge in [-0.05, 0) is 52.9 Å². The number of benzene rings is 1. The van der Waals surface area contributed by atoms with Crippen molar-refractivity contribution in [2.75, 3.05) is 6.54 Å². The Balaban J connectivity index is 1.45. The summed E-state index contributed by atoms with van der Waals surface area (Å²) in [6.07, 6.45) is 2.22. The lowest BCUT2D eigenvalue weighted by molar-refractivity contribution is -0.173. The van der Waals surface area contributed by atoms with E-state index in [4.69, 9.17) is 30.1 Å². The van der Waals surface area contributed by atoms with E-state index in [0.29, 0.717) is 55.7 Å². The molecule has 10 heteroatoms. The smallest absolute Gasteiger partial charge is 0.341 e. The van der Waals surface area contributed by atoms with E-state index in [0.717, 1.165) is 0 Å². The highest BCUT2D eigenvalue weighted by Crippen LogP contribution is 2.54. The number of nitrogens with two attached hydrogens (primary N) is 2. The maximum atomic E-state index is 13.3. The number of phenolic OH excluding ortho intramolecular Hbond substituents is 1. The third-order valence-electron chi connectivity index (χ3n) is 7.29. The molecule has 0 saturated carbocycles. The van der Waals surface area contributed by atoms with Crippen LogP contribution in [0.25, 0.3) is 11.0 Å². The van der Waals surface area contributed by atoms with Gasteiger partial charge in [0.2, 0.25) is 0 Å². The molecule has 5 N–H and O–H groups in total. The van der Waals surface area contributed by atoms with Crippen LogP contribution >= 0.6 is 0 Å². The molecule has 1 spiro atoms. The van der Waals surface area contributed by atoms with Crippen molar-refractivity contribution in [3.05, 3.63) is 33.7 Å². The summed E-state index contributed by atoms with van der Waals surface area (Å²) in [4.78, 5) is 30.0. The monoisotopic (exact) mass is 485 g/mol. The number of rotatable bonds is 4. The highest BCUT2D eigenvalue weighted by molar-refractivity contribution is 5.88. The minimum Gasteiger partial charge on any atom is -0.507 e. The highest BCUT2D eigenvalue weighted by atomic mass is 16.7. The molecule has 4 heterocycles. The number of carbonyl (C=O) groups excluding carboxylic acids is 1. The fraction of sp³-hybridized carbons (Fsp3) is 0.560. The summed E-state index contributed by atoms with van der Waals surface area (Å²) >= 11 is 0. The Kier molecular flexibility index (Phi) is 5.47. The molecule has 0 bridgehead atoms. The molecule has 2 aromatic rings. The number of phenols is 1. The van der Waals surface area contributed by atoms with Gasteiger partial charge in [-0.2, -0.15) is 0 Å². The van der Waals surface area contributed by atoms with Crippen LogP contribution in [0.3, 0.4) is 0 Å². The van der Waals surface area contributed by atoms with Crippen molar-refractivity contribution in [3.63, 3.8) is 0 Å². The first-order valence-electron chi connectivity index (χ1n) is 12.0. The Morgan fingerprint density at radius 1 is 1.26 bits per heavy atom. The van der Waals surface area contributed by atoms with E-state index in [1.807, 2.05) is 13.8 Å². The number of epoxide rings is 1. The number of guanidine groups is 1. The van der Waals surface area contributed by atoms with Crippen LogP contribution in [-0.4, -0.2) is 47.0 Å². The molecule has 4 unspecified atom stereocenters. The second kappa shape index (κ2) is 8.15. The van der Waals surface area contributed by atoms with E-state index in [-0.39, 0.29) is 40.1 Å². The van der Waals surface area contributed by atoms with E-state index >= 15 is 0 Å². The first-order valence-corrected chi connectivity index (χ1v) is 12.0. The molecule has 4 atom stereocenters. The Hall–Kier alpha value is -3.27. The van der Waals surface area contributed by atoms with Crippen LogP contribution in [-0.2, 0) is 14.3 Å². The Morgan fingerprint density at radius 2 is 2.03 bits per heavy atom. The lowest BCUT2D eigenvalue weighted by Gasteiger charge is -2.45.